The van der Waals surface area contributed by atoms with Crippen LogP contribution in [0.25, 0.3) is 66.4 Å². The average molecular weight is 760 g/mol. The molecule has 1 heterocycles. The Morgan fingerprint density at radius 1 is 0.339 bits per heavy atom. The minimum Gasteiger partial charge on any atom is -0.456 e. The van der Waals surface area contributed by atoms with Crippen LogP contribution >= 0.6 is 0 Å². The summed E-state index contributed by atoms with van der Waals surface area (Å²) in [6.07, 6.45) is 0. The zero-order valence-corrected chi connectivity index (χ0v) is 34.4. The lowest BCUT2D eigenvalue weighted by Crippen LogP contribution is -2.24. The molecule has 0 unspecified atom stereocenters. The fourth-order valence-electron chi connectivity index (χ4n) is 11.3. The molecule has 9 aromatic rings. The second kappa shape index (κ2) is 11.7. The van der Waals surface area contributed by atoms with Gasteiger partial charge >= 0.3 is 0 Å². The molecule has 12 rings (SSSR count). The van der Waals surface area contributed by atoms with Crippen molar-refractivity contribution < 1.29 is 4.42 Å². The molecule has 8 aromatic carbocycles. The van der Waals surface area contributed by atoms with Crippen LogP contribution < -0.4 is 4.90 Å². The normalized spacial score (nSPS) is 15.7. The molecule has 0 bridgehead atoms. The van der Waals surface area contributed by atoms with E-state index in [2.05, 4.69) is 198 Å². The summed E-state index contributed by atoms with van der Waals surface area (Å²) in [6.45, 7) is 14.4. The summed E-state index contributed by atoms with van der Waals surface area (Å²) in [5.74, 6) is 0. The molecular weight excluding hydrogens is 715 g/mol. The predicted octanol–water partition coefficient (Wildman–Crippen LogP) is 15.6. The fourth-order valence-corrected chi connectivity index (χ4v) is 11.3. The minimum absolute atomic E-state index is 0.0908. The molecule has 59 heavy (non-hydrogen) atoms. The van der Waals surface area contributed by atoms with Gasteiger partial charge in [0.2, 0.25) is 0 Å². The van der Waals surface area contributed by atoms with Crippen molar-refractivity contribution in [3.8, 4) is 44.5 Å². The number of nitrogens with zero attached hydrogens (tertiary/aromatic N) is 1. The van der Waals surface area contributed by atoms with E-state index in [1.54, 1.807) is 0 Å². The summed E-state index contributed by atoms with van der Waals surface area (Å²) in [7, 11) is 0. The van der Waals surface area contributed by atoms with Crippen LogP contribution in [0, 0.1) is 0 Å². The summed E-state index contributed by atoms with van der Waals surface area (Å²) in [5, 5.41) is 2.28. The zero-order chi connectivity index (χ0) is 40.0. The van der Waals surface area contributed by atoms with Crippen LogP contribution in [0.4, 0.5) is 17.1 Å². The molecule has 0 N–H and O–H groups in total. The molecule has 0 atom stereocenters. The molecule has 3 aliphatic rings. The van der Waals surface area contributed by atoms with Crippen molar-refractivity contribution >= 4 is 39.0 Å². The third-order valence-electron chi connectivity index (χ3n) is 14.2. The molecule has 0 aliphatic heterocycles. The lowest BCUT2D eigenvalue weighted by molar-refractivity contribution is 0.601. The Kier molecular flexibility index (Phi) is 6.84. The SMILES string of the molecule is CC1(C)c2ccccc2-c2ccc(N(c3cccc(-c4ccc5oc6ccccc6c5c4)c3)c3ccc4c(c3)-c3ccc5c(c3C4(C)C)C(C)(C)c3ccccc3-5)cc21. The molecule has 2 nitrogen and oxygen atoms in total. The number of para-hydroxylation sites is 1. The Balaban J connectivity index is 1.05. The molecule has 0 saturated heterocycles. The second-order valence-electron chi connectivity index (χ2n) is 18.5. The van der Waals surface area contributed by atoms with E-state index in [9.17, 15) is 0 Å². The van der Waals surface area contributed by atoms with Crippen molar-refractivity contribution in [1.29, 1.82) is 0 Å². The van der Waals surface area contributed by atoms with Crippen molar-refractivity contribution in [2.24, 2.45) is 0 Å². The Labute approximate surface area is 346 Å². The van der Waals surface area contributed by atoms with Gasteiger partial charge in [0.25, 0.3) is 0 Å². The monoisotopic (exact) mass is 759 g/mol. The van der Waals surface area contributed by atoms with Gasteiger partial charge in [0, 0.05) is 44.1 Å². The molecule has 1 aromatic heterocycles. The van der Waals surface area contributed by atoms with E-state index in [1.165, 1.54) is 77.9 Å². The average Bonchev–Trinajstić information content (AvgIpc) is 3.89. The molecule has 0 saturated carbocycles. The van der Waals surface area contributed by atoms with Crippen LogP contribution in [-0.4, -0.2) is 0 Å². The van der Waals surface area contributed by atoms with Crippen LogP contribution in [0.15, 0.2) is 168 Å². The van der Waals surface area contributed by atoms with Gasteiger partial charge in [-0.15, -0.1) is 0 Å². The molecule has 0 radical (unpaired) electrons. The molecular formula is C57H45NO. The summed E-state index contributed by atoms with van der Waals surface area (Å²) in [6, 6.07) is 61.0. The number of benzene rings is 8. The molecule has 0 fully saturated rings. The first-order valence-electron chi connectivity index (χ1n) is 21.0. The largest absolute Gasteiger partial charge is 0.456 e. The third-order valence-corrected chi connectivity index (χ3v) is 14.2. The van der Waals surface area contributed by atoms with Gasteiger partial charge in [-0.25, -0.2) is 0 Å². The Bertz CT molecular complexity index is 3260. The van der Waals surface area contributed by atoms with E-state index in [1.807, 2.05) is 12.1 Å². The maximum Gasteiger partial charge on any atom is 0.135 e. The Morgan fingerprint density at radius 2 is 0.881 bits per heavy atom. The van der Waals surface area contributed by atoms with Gasteiger partial charge in [-0.05, 0) is 132 Å². The van der Waals surface area contributed by atoms with Gasteiger partial charge in [0.1, 0.15) is 11.2 Å². The number of anilines is 3. The first-order valence-corrected chi connectivity index (χ1v) is 21.0. The van der Waals surface area contributed by atoms with E-state index in [0.717, 1.165) is 39.0 Å². The molecule has 0 amide bonds. The molecule has 284 valence electrons. The lowest BCUT2D eigenvalue weighted by Gasteiger charge is -2.31. The van der Waals surface area contributed by atoms with Gasteiger partial charge in [0.15, 0.2) is 0 Å². The van der Waals surface area contributed by atoms with Crippen molar-refractivity contribution in [1.82, 2.24) is 0 Å². The van der Waals surface area contributed by atoms with Crippen molar-refractivity contribution in [2.45, 2.75) is 57.8 Å². The molecule has 3 aliphatic carbocycles. The van der Waals surface area contributed by atoms with Gasteiger partial charge in [0.05, 0.1) is 0 Å². The van der Waals surface area contributed by atoms with Gasteiger partial charge in [-0.1, -0.05) is 151 Å². The van der Waals surface area contributed by atoms with Crippen LogP contribution in [0.5, 0.6) is 0 Å². The fraction of sp³-hybridized carbons (Fsp3) is 0.158. The third kappa shape index (κ3) is 4.63. The van der Waals surface area contributed by atoms with Gasteiger partial charge < -0.3 is 9.32 Å². The van der Waals surface area contributed by atoms with Crippen molar-refractivity contribution in [2.75, 3.05) is 4.90 Å². The highest BCUT2D eigenvalue weighted by Crippen LogP contribution is 2.60. The number of rotatable bonds is 4. The topological polar surface area (TPSA) is 16.4 Å². The number of hydrogen-bond acceptors (Lipinski definition) is 2. The highest BCUT2D eigenvalue weighted by Gasteiger charge is 2.46. The first kappa shape index (κ1) is 34.4. The first-order chi connectivity index (χ1) is 28.5. The maximum atomic E-state index is 6.22. The number of furan rings is 1. The standard InChI is InChI=1S/C57H45NO/c1-55(2)47-19-10-7-16-39(47)41-25-23-38(33-50(41)55)58(36-15-13-14-34(30-36)35-22-29-52-46(31-35)42-18-9-12-21-51(42)59-52)37-24-28-49-45(32-37)44-27-26-43-40-17-8-11-20-48(40)56(3,4)53(43)54(44)57(49,5)6/h7-33H,1-6H3. The maximum absolute atomic E-state index is 6.22. The van der Waals surface area contributed by atoms with Crippen molar-refractivity contribution in [3.63, 3.8) is 0 Å². The second-order valence-corrected chi connectivity index (χ2v) is 18.5. The molecule has 2 heteroatoms. The van der Waals surface area contributed by atoms with Gasteiger partial charge in [-0.2, -0.15) is 0 Å². The predicted molar refractivity (Wildman–Crippen MR) is 247 cm³/mol. The zero-order valence-electron chi connectivity index (χ0n) is 34.4. The van der Waals surface area contributed by atoms with Crippen LogP contribution in [0.1, 0.15) is 74.9 Å². The van der Waals surface area contributed by atoms with E-state index in [0.29, 0.717) is 0 Å². The van der Waals surface area contributed by atoms with E-state index >= 15 is 0 Å². The number of hydrogen-bond donors (Lipinski definition) is 0. The summed E-state index contributed by atoms with van der Waals surface area (Å²) in [4.78, 5) is 2.48. The van der Waals surface area contributed by atoms with Crippen LogP contribution in [0.3, 0.4) is 0 Å². The van der Waals surface area contributed by atoms with E-state index < -0.39 is 0 Å². The smallest absolute Gasteiger partial charge is 0.135 e. The van der Waals surface area contributed by atoms with Gasteiger partial charge in [-0.3, -0.25) is 0 Å². The molecule has 0 spiro atoms. The van der Waals surface area contributed by atoms with Crippen LogP contribution in [0.2, 0.25) is 0 Å². The summed E-state index contributed by atoms with van der Waals surface area (Å²) < 4.78 is 6.22. The lowest BCUT2D eigenvalue weighted by atomic mass is 9.72. The van der Waals surface area contributed by atoms with E-state index in [4.69, 9.17) is 4.42 Å². The summed E-state index contributed by atoms with van der Waals surface area (Å²) >= 11 is 0. The van der Waals surface area contributed by atoms with Crippen LogP contribution in [-0.2, 0) is 16.2 Å². The number of fused-ring (bicyclic) bond motifs is 13. The Hall–Kier alpha value is -6.64. The quantitative estimate of drug-likeness (QED) is 0.178. The Morgan fingerprint density at radius 3 is 1.66 bits per heavy atom. The highest BCUT2D eigenvalue weighted by atomic mass is 16.3. The minimum atomic E-state index is -0.155. The highest BCUT2D eigenvalue weighted by molar-refractivity contribution is 6.06. The van der Waals surface area contributed by atoms with E-state index in [-0.39, 0.29) is 16.2 Å². The van der Waals surface area contributed by atoms with Crippen molar-refractivity contribution in [3.05, 3.63) is 197 Å². The summed E-state index contributed by atoms with van der Waals surface area (Å²) in [5.41, 5.74) is 23.8.